The van der Waals surface area contributed by atoms with Crippen LogP contribution in [0.4, 0.5) is 45.2 Å². The van der Waals surface area contributed by atoms with Crippen molar-refractivity contribution >= 4 is 17.6 Å². The molecular weight excluding hydrogens is 677 g/mol. The maximum absolute atomic E-state index is 14.0. The molecular formula is C32H38F9N3O5. The highest BCUT2D eigenvalue weighted by Crippen LogP contribution is 2.37. The Balaban J connectivity index is 2.00. The average Bonchev–Trinajstić information content (AvgIpc) is 2.97. The third-order valence-corrected chi connectivity index (χ3v) is 7.34. The van der Waals surface area contributed by atoms with Gasteiger partial charge in [0.25, 0.3) is 6.10 Å². The third-order valence-electron chi connectivity index (χ3n) is 7.34. The lowest BCUT2D eigenvalue weighted by Gasteiger charge is -2.37. The van der Waals surface area contributed by atoms with Crippen molar-refractivity contribution in [3.63, 3.8) is 0 Å². The van der Waals surface area contributed by atoms with Crippen LogP contribution in [0.15, 0.2) is 42.5 Å². The van der Waals surface area contributed by atoms with E-state index in [-0.39, 0.29) is 63.4 Å². The number of hydrogen-bond acceptors (Lipinski definition) is 8. The van der Waals surface area contributed by atoms with Gasteiger partial charge in [-0.2, -0.15) is 39.5 Å². The molecule has 0 bridgehead atoms. The van der Waals surface area contributed by atoms with Crippen molar-refractivity contribution in [3.05, 3.63) is 59.2 Å². The zero-order chi connectivity index (χ0) is 36.8. The van der Waals surface area contributed by atoms with Crippen molar-refractivity contribution in [2.75, 3.05) is 38.2 Å². The van der Waals surface area contributed by atoms with Crippen LogP contribution in [0.1, 0.15) is 50.3 Å². The zero-order valence-electron chi connectivity index (χ0n) is 27.2. The van der Waals surface area contributed by atoms with Crippen molar-refractivity contribution in [1.82, 2.24) is 10.2 Å². The first-order valence-corrected chi connectivity index (χ1v) is 15.2. The molecule has 2 aromatic carbocycles. The number of anilines is 1. The Morgan fingerprint density at radius 3 is 2.14 bits per heavy atom. The van der Waals surface area contributed by atoms with E-state index in [1.54, 1.807) is 49.9 Å². The highest BCUT2D eigenvalue weighted by Gasteiger charge is 2.60. The SMILES string of the molecule is COc1ccc(CN(CCCC(=O)OC(C)(C)C)c2cc(C(F)(F)F)ccc2CN2CCNCC2C(=O)OC(C(F)(F)F)C(F)(F)F)cc1. The van der Waals surface area contributed by atoms with Crippen molar-refractivity contribution in [1.29, 1.82) is 0 Å². The van der Waals surface area contributed by atoms with Gasteiger partial charge in [-0.3, -0.25) is 14.5 Å². The zero-order valence-corrected chi connectivity index (χ0v) is 27.2. The Bertz CT molecular complexity index is 1390. The molecule has 0 spiro atoms. The van der Waals surface area contributed by atoms with Crippen LogP contribution in [-0.4, -0.2) is 80.2 Å². The number of nitrogens with zero attached hydrogens (tertiary/aromatic N) is 2. The Morgan fingerprint density at radius 2 is 1.59 bits per heavy atom. The van der Waals surface area contributed by atoms with Gasteiger partial charge in [0.15, 0.2) is 0 Å². The van der Waals surface area contributed by atoms with E-state index in [0.29, 0.717) is 11.3 Å². The van der Waals surface area contributed by atoms with E-state index < -0.39 is 53.8 Å². The van der Waals surface area contributed by atoms with E-state index in [4.69, 9.17) is 9.47 Å². The molecule has 1 aliphatic rings. The molecule has 1 N–H and O–H groups in total. The molecule has 49 heavy (non-hydrogen) atoms. The first-order chi connectivity index (χ1) is 22.6. The van der Waals surface area contributed by atoms with Gasteiger partial charge in [-0.1, -0.05) is 18.2 Å². The number of carbonyl (C=O) groups is 2. The number of nitrogens with one attached hydrogen (secondary N) is 1. The minimum Gasteiger partial charge on any atom is -0.497 e. The maximum Gasteiger partial charge on any atom is 0.434 e. The Hall–Kier alpha value is -3.73. The molecule has 3 rings (SSSR count). The highest BCUT2D eigenvalue weighted by atomic mass is 19.4. The second-order valence-corrected chi connectivity index (χ2v) is 12.4. The molecule has 0 aliphatic carbocycles. The lowest BCUT2D eigenvalue weighted by molar-refractivity contribution is -0.314. The van der Waals surface area contributed by atoms with Gasteiger partial charge in [0.1, 0.15) is 17.4 Å². The molecule has 274 valence electrons. The number of rotatable bonds is 12. The fourth-order valence-electron chi connectivity index (χ4n) is 5.11. The molecule has 1 heterocycles. The molecule has 1 unspecified atom stereocenters. The molecule has 1 aliphatic heterocycles. The smallest absolute Gasteiger partial charge is 0.434 e. The number of alkyl halides is 9. The summed E-state index contributed by atoms with van der Waals surface area (Å²) in [6.07, 6.45) is -20.9. The van der Waals surface area contributed by atoms with Gasteiger partial charge < -0.3 is 24.4 Å². The average molecular weight is 716 g/mol. The van der Waals surface area contributed by atoms with Crippen LogP contribution in [-0.2, 0) is 38.3 Å². The maximum atomic E-state index is 14.0. The van der Waals surface area contributed by atoms with Crippen molar-refractivity contribution < 1.29 is 63.3 Å². The Labute approximate surface area is 277 Å². The normalized spacial score (nSPS) is 16.4. The standard InChI is InChI=1S/C32H38F9N3O5/c1-29(2,3)49-26(45)6-5-14-43(18-20-7-11-23(47-4)12-8-20)24-16-22(30(33,34)35)10-9-21(24)19-44-15-13-42-17-25(44)27(46)48-28(31(36,37)38)32(39,40)41/h7-12,16,25,28,42H,5-6,13-15,17-19H2,1-4H3. The summed E-state index contributed by atoms with van der Waals surface area (Å²) in [5.41, 5.74) is -0.913. The summed E-state index contributed by atoms with van der Waals surface area (Å²) < 4.78 is 135. The minimum absolute atomic E-state index is 0.0314. The molecule has 0 aromatic heterocycles. The quantitative estimate of drug-likeness (QED) is 0.193. The first-order valence-electron chi connectivity index (χ1n) is 15.2. The summed E-state index contributed by atoms with van der Waals surface area (Å²) in [7, 11) is 1.46. The fourth-order valence-corrected chi connectivity index (χ4v) is 5.11. The largest absolute Gasteiger partial charge is 0.497 e. The predicted molar refractivity (Wildman–Crippen MR) is 160 cm³/mol. The van der Waals surface area contributed by atoms with Crippen molar-refractivity contribution in [3.8, 4) is 5.75 Å². The number of halogens is 9. The number of ether oxygens (including phenoxy) is 3. The number of benzene rings is 2. The summed E-state index contributed by atoms with van der Waals surface area (Å²) in [5, 5.41) is 2.73. The van der Waals surface area contributed by atoms with Crippen LogP contribution < -0.4 is 15.0 Å². The predicted octanol–water partition coefficient (Wildman–Crippen LogP) is 6.65. The van der Waals surface area contributed by atoms with Crippen LogP contribution in [0, 0.1) is 0 Å². The summed E-state index contributed by atoms with van der Waals surface area (Å²) in [6.45, 7) is 4.55. The van der Waals surface area contributed by atoms with E-state index >= 15 is 0 Å². The van der Waals surface area contributed by atoms with E-state index in [9.17, 15) is 49.1 Å². The lowest BCUT2D eigenvalue weighted by atomic mass is 10.0. The number of methoxy groups -OCH3 is 1. The molecule has 8 nitrogen and oxygen atoms in total. The molecule has 0 radical (unpaired) electrons. The topological polar surface area (TPSA) is 80.3 Å². The van der Waals surface area contributed by atoms with Crippen LogP contribution >= 0.6 is 0 Å². The summed E-state index contributed by atoms with van der Waals surface area (Å²) in [5.74, 6) is -1.80. The minimum atomic E-state index is -5.93. The van der Waals surface area contributed by atoms with Crippen LogP contribution in [0.5, 0.6) is 5.75 Å². The Kier molecular flexibility index (Phi) is 12.9. The second-order valence-electron chi connectivity index (χ2n) is 12.4. The summed E-state index contributed by atoms with van der Waals surface area (Å²) in [6, 6.07) is 7.86. The van der Waals surface area contributed by atoms with Gasteiger partial charge in [-0.15, -0.1) is 0 Å². The molecule has 1 saturated heterocycles. The molecule has 2 aromatic rings. The van der Waals surface area contributed by atoms with Gasteiger partial charge in [-0.05, 0) is 62.6 Å². The number of hydrogen-bond donors (Lipinski definition) is 1. The van der Waals surface area contributed by atoms with Crippen molar-refractivity contribution in [2.24, 2.45) is 0 Å². The highest BCUT2D eigenvalue weighted by molar-refractivity contribution is 5.76. The molecule has 1 fully saturated rings. The van der Waals surface area contributed by atoms with Crippen molar-refractivity contribution in [2.45, 2.75) is 83.0 Å². The molecule has 17 heteroatoms. The number of carbonyl (C=O) groups excluding carboxylic acids is 2. The van der Waals surface area contributed by atoms with E-state index in [2.05, 4.69) is 10.1 Å². The van der Waals surface area contributed by atoms with Gasteiger partial charge in [0.05, 0.1) is 12.7 Å². The van der Waals surface area contributed by atoms with Crippen LogP contribution in [0.3, 0.4) is 0 Å². The fraction of sp³-hybridized carbons (Fsp3) is 0.562. The van der Waals surface area contributed by atoms with E-state index in [0.717, 1.165) is 18.2 Å². The molecule has 0 amide bonds. The summed E-state index contributed by atoms with van der Waals surface area (Å²) in [4.78, 5) is 28.0. The monoisotopic (exact) mass is 715 g/mol. The number of piperazine rings is 1. The molecule has 1 atom stereocenters. The van der Waals surface area contributed by atoms with Crippen LogP contribution in [0.2, 0.25) is 0 Å². The lowest BCUT2D eigenvalue weighted by Crippen LogP contribution is -2.57. The second kappa shape index (κ2) is 15.9. The number of esters is 2. The van der Waals surface area contributed by atoms with Gasteiger partial charge in [0, 0.05) is 51.4 Å². The van der Waals surface area contributed by atoms with Gasteiger partial charge >= 0.3 is 30.5 Å². The van der Waals surface area contributed by atoms with E-state index in [1.165, 1.54) is 12.0 Å². The van der Waals surface area contributed by atoms with Crippen LogP contribution in [0.25, 0.3) is 0 Å². The summed E-state index contributed by atoms with van der Waals surface area (Å²) >= 11 is 0. The third kappa shape index (κ3) is 12.0. The van der Waals surface area contributed by atoms with E-state index in [1.807, 2.05) is 0 Å². The van der Waals surface area contributed by atoms with Gasteiger partial charge in [0.2, 0.25) is 0 Å². The molecule has 0 saturated carbocycles. The first kappa shape index (κ1) is 39.7. The Morgan fingerprint density at radius 1 is 0.959 bits per heavy atom. The van der Waals surface area contributed by atoms with Gasteiger partial charge in [-0.25, -0.2) is 0 Å².